The van der Waals surface area contributed by atoms with Crippen LogP contribution in [0.15, 0.2) is 0 Å². The summed E-state index contributed by atoms with van der Waals surface area (Å²) in [6, 6.07) is 0. The molecule has 0 atom stereocenters. The minimum absolute atomic E-state index is 0.0525. The van der Waals surface area contributed by atoms with Crippen molar-refractivity contribution in [3.05, 3.63) is 22.5 Å². The van der Waals surface area contributed by atoms with E-state index in [1.54, 1.807) is 6.92 Å². The highest BCUT2D eigenvalue weighted by Crippen LogP contribution is 2.33. The number of aromatic nitrogens is 2. The van der Waals surface area contributed by atoms with Crippen LogP contribution in [0.3, 0.4) is 0 Å². The fraction of sp³-hybridized carbons (Fsp3) is 0.600. The molecule has 14 heavy (non-hydrogen) atoms. The van der Waals surface area contributed by atoms with Crippen LogP contribution >= 0.6 is 11.6 Å². The van der Waals surface area contributed by atoms with Gasteiger partial charge in [-0.2, -0.15) is 0 Å². The molecule has 1 saturated carbocycles. The van der Waals surface area contributed by atoms with Crippen molar-refractivity contribution in [1.82, 2.24) is 9.97 Å². The molecule has 0 saturated heterocycles. The molecule has 0 aromatic carbocycles. The molecule has 2 nitrogen and oxygen atoms in total. The van der Waals surface area contributed by atoms with Crippen LogP contribution < -0.4 is 0 Å². The summed E-state index contributed by atoms with van der Waals surface area (Å²) in [4.78, 5) is 7.98. The van der Waals surface area contributed by atoms with E-state index in [-0.39, 0.29) is 5.15 Å². The molecule has 1 aliphatic rings. The van der Waals surface area contributed by atoms with E-state index in [4.69, 9.17) is 11.6 Å². The Hall–Kier alpha value is -0.700. The average Bonchev–Trinajstić information content (AvgIpc) is 2.94. The Labute approximate surface area is 87.5 Å². The predicted molar refractivity (Wildman–Crippen MR) is 52.8 cm³/mol. The number of hydrogen-bond acceptors (Lipinski definition) is 2. The van der Waals surface area contributed by atoms with Crippen molar-refractivity contribution in [3.8, 4) is 0 Å². The summed E-state index contributed by atoms with van der Waals surface area (Å²) in [5.41, 5.74) is 0.343. The quantitative estimate of drug-likeness (QED) is 0.723. The summed E-state index contributed by atoms with van der Waals surface area (Å²) in [5.74, 6) is 1.00. The predicted octanol–water partition coefficient (Wildman–Crippen LogP) is 2.92. The van der Waals surface area contributed by atoms with Gasteiger partial charge in [0.25, 0.3) is 0 Å². The minimum atomic E-state index is -0.498. The first kappa shape index (κ1) is 9.84. The van der Waals surface area contributed by atoms with Crippen LogP contribution in [0.25, 0.3) is 0 Å². The third-order valence-electron chi connectivity index (χ3n) is 2.50. The Balaban J connectivity index is 2.08. The first-order valence-corrected chi connectivity index (χ1v) is 5.23. The normalized spacial score (nSPS) is 15.9. The van der Waals surface area contributed by atoms with Gasteiger partial charge >= 0.3 is 0 Å². The lowest BCUT2D eigenvalue weighted by atomic mass is 10.2. The molecule has 76 valence electrons. The molecule has 1 fully saturated rings. The molecular formula is C10H12ClFN2. The molecule has 0 aliphatic heterocycles. The Morgan fingerprint density at radius 3 is 2.71 bits per heavy atom. The molecule has 0 unspecified atom stereocenters. The second-order valence-corrected chi connectivity index (χ2v) is 4.17. The van der Waals surface area contributed by atoms with Crippen LogP contribution in [0.4, 0.5) is 4.39 Å². The molecule has 1 aromatic rings. The Morgan fingerprint density at radius 1 is 1.43 bits per heavy atom. The molecule has 0 radical (unpaired) electrons. The number of aryl methyl sites for hydroxylation is 2. The van der Waals surface area contributed by atoms with Gasteiger partial charge in [-0.1, -0.05) is 24.4 Å². The van der Waals surface area contributed by atoms with Gasteiger partial charge in [0.1, 0.15) is 5.82 Å². The largest absolute Gasteiger partial charge is 0.235 e. The first-order chi connectivity index (χ1) is 6.66. The van der Waals surface area contributed by atoms with Crippen molar-refractivity contribution >= 4 is 11.6 Å². The van der Waals surface area contributed by atoms with E-state index >= 15 is 0 Å². The van der Waals surface area contributed by atoms with Crippen molar-refractivity contribution in [2.24, 2.45) is 5.92 Å². The highest BCUT2D eigenvalue weighted by atomic mass is 35.5. The van der Waals surface area contributed by atoms with Gasteiger partial charge in [0.15, 0.2) is 11.0 Å². The van der Waals surface area contributed by atoms with E-state index in [1.165, 1.54) is 12.8 Å². The van der Waals surface area contributed by atoms with Gasteiger partial charge in [0, 0.05) is 6.42 Å². The number of hydrogen-bond donors (Lipinski definition) is 0. The third kappa shape index (κ3) is 2.21. The first-order valence-electron chi connectivity index (χ1n) is 4.85. The number of rotatable bonds is 3. The van der Waals surface area contributed by atoms with Crippen LogP contribution in [0.5, 0.6) is 0 Å². The summed E-state index contributed by atoms with van der Waals surface area (Å²) < 4.78 is 13.1. The monoisotopic (exact) mass is 214 g/mol. The lowest BCUT2D eigenvalue weighted by Crippen LogP contribution is -2.01. The Kier molecular flexibility index (Phi) is 2.68. The van der Waals surface area contributed by atoms with E-state index < -0.39 is 5.82 Å². The minimum Gasteiger partial charge on any atom is -0.235 e. The SMILES string of the molecule is Cc1nc(CCC2CC2)nc(Cl)c1F. The molecular weight excluding hydrogens is 203 g/mol. The molecule has 1 aromatic heterocycles. The highest BCUT2D eigenvalue weighted by Gasteiger charge is 2.21. The second kappa shape index (κ2) is 3.81. The topological polar surface area (TPSA) is 25.8 Å². The van der Waals surface area contributed by atoms with E-state index in [1.807, 2.05) is 0 Å². The van der Waals surface area contributed by atoms with Crippen LogP contribution in [0, 0.1) is 18.7 Å². The highest BCUT2D eigenvalue weighted by molar-refractivity contribution is 6.29. The third-order valence-corrected chi connectivity index (χ3v) is 2.75. The fourth-order valence-corrected chi connectivity index (χ4v) is 1.67. The maximum Gasteiger partial charge on any atom is 0.181 e. The van der Waals surface area contributed by atoms with Gasteiger partial charge in [-0.3, -0.25) is 0 Å². The van der Waals surface area contributed by atoms with Gasteiger partial charge in [-0.15, -0.1) is 0 Å². The van der Waals surface area contributed by atoms with Gasteiger partial charge < -0.3 is 0 Å². The van der Waals surface area contributed by atoms with Crippen LogP contribution in [-0.4, -0.2) is 9.97 Å². The standard InChI is InChI=1S/C10H12ClFN2/c1-6-9(12)10(11)14-8(13-6)5-4-7-2-3-7/h7H,2-5H2,1H3. The summed E-state index contributed by atoms with van der Waals surface area (Å²) >= 11 is 5.62. The van der Waals surface area contributed by atoms with Crippen molar-refractivity contribution in [3.63, 3.8) is 0 Å². The van der Waals surface area contributed by atoms with Gasteiger partial charge in [0.2, 0.25) is 0 Å². The van der Waals surface area contributed by atoms with Crippen molar-refractivity contribution in [2.45, 2.75) is 32.6 Å². The average molecular weight is 215 g/mol. The van der Waals surface area contributed by atoms with Crippen LogP contribution in [0.2, 0.25) is 5.15 Å². The van der Waals surface area contributed by atoms with E-state index in [0.717, 1.165) is 18.8 Å². The fourth-order valence-electron chi connectivity index (χ4n) is 1.43. The molecule has 0 spiro atoms. The molecule has 4 heteroatoms. The van der Waals surface area contributed by atoms with Crippen LogP contribution in [0.1, 0.15) is 30.8 Å². The van der Waals surface area contributed by atoms with E-state index in [0.29, 0.717) is 11.5 Å². The zero-order valence-electron chi connectivity index (χ0n) is 8.06. The zero-order chi connectivity index (χ0) is 10.1. The Bertz CT molecular complexity index is 327. The van der Waals surface area contributed by atoms with E-state index in [9.17, 15) is 4.39 Å². The van der Waals surface area contributed by atoms with Gasteiger partial charge in [-0.25, -0.2) is 14.4 Å². The van der Waals surface area contributed by atoms with Crippen molar-refractivity contribution in [1.29, 1.82) is 0 Å². The molecule has 1 aliphatic carbocycles. The number of nitrogens with zero attached hydrogens (tertiary/aromatic N) is 2. The Morgan fingerprint density at radius 2 is 2.14 bits per heavy atom. The molecule has 0 amide bonds. The summed E-state index contributed by atoms with van der Waals surface area (Å²) in [5, 5.41) is -0.0525. The van der Waals surface area contributed by atoms with Gasteiger partial charge in [0.05, 0.1) is 5.69 Å². The second-order valence-electron chi connectivity index (χ2n) is 3.81. The maximum absolute atomic E-state index is 13.1. The van der Waals surface area contributed by atoms with E-state index in [2.05, 4.69) is 9.97 Å². The van der Waals surface area contributed by atoms with Crippen LogP contribution in [-0.2, 0) is 6.42 Å². The molecule has 0 N–H and O–H groups in total. The lowest BCUT2D eigenvalue weighted by molar-refractivity contribution is 0.591. The molecule has 0 bridgehead atoms. The van der Waals surface area contributed by atoms with Crippen molar-refractivity contribution in [2.75, 3.05) is 0 Å². The van der Waals surface area contributed by atoms with Crippen molar-refractivity contribution < 1.29 is 4.39 Å². The van der Waals surface area contributed by atoms with Gasteiger partial charge in [-0.05, 0) is 19.3 Å². The zero-order valence-corrected chi connectivity index (χ0v) is 8.81. The summed E-state index contributed by atoms with van der Waals surface area (Å²) in [6.45, 7) is 1.61. The summed E-state index contributed by atoms with van der Waals surface area (Å²) in [6.07, 6.45) is 4.54. The maximum atomic E-state index is 13.1. The molecule has 2 rings (SSSR count). The molecule has 1 heterocycles. The lowest BCUT2D eigenvalue weighted by Gasteiger charge is -2.02. The smallest absolute Gasteiger partial charge is 0.181 e. The summed E-state index contributed by atoms with van der Waals surface area (Å²) in [7, 11) is 0. The number of halogens is 2.